The summed E-state index contributed by atoms with van der Waals surface area (Å²) in [4.78, 5) is 4.31. The number of hydrogen-bond donors (Lipinski definition) is 2. The Kier molecular flexibility index (Phi) is 8.02. The minimum atomic E-state index is 0. The number of aromatic nitrogens is 2. The van der Waals surface area contributed by atoms with Crippen LogP contribution in [0.4, 0.5) is 0 Å². The topological polar surface area (TPSA) is 77.5 Å². The van der Waals surface area contributed by atoms with E-state index in [4.69, 9.17) is 10.5 Å². The SMILES string of the molecule is COCC(C)NC(N)=NCc1ccn(C2CCCC2)n1.I. The molecule has 1 aromatic rings. The molecule has 2 rings (SSSR count). The summed E-state index contributed by atoms with van der Waals surface area (Å²) in [6.07, 6.45) is 7.15. The molecule has 0 amide bonds. The van der Waals surface area contributed by atoms with Crippen molar-refractivity contribution < 1.29 is 4.74 Å². The van der Waals surface area contributed by atoms with Crippen molar-refractivity contribution in [3.05, 3.63) is 18.0 Å². The highest BCUT2D eigenvalue weighted by Crippen LogP contribution is 2.28. The summed E-state index contributed by atoms with van der Waals surface area (Å²) in [6, 6.07) is 2.75. The van der Waals surface area contributed by atoms with Crippen LogP contribution in [0.3, 0.4) is 0 Å². The first-order chi connectivity index (χ1) is 9.69. The first kappa shape index (κ1) is 18.2. The second-order valence-electron chi connectivity index (χ2n) is 5.43. The highest BCUT2D eigenvalue weighted by Gasteiger charge is 2.17. The van der Waals surface area contributed by atoms with Crippen molar-refractivity contribution in [1.29, 1.82) is 0 Å². The molecule has 120 valence electrons. The molecule has 0 bridgehead atoms. The van der Waals surface area contributed by atoms with Gasteiger partial charge in [0, 0.05) is 19.3 Å². The molecule has 1 aliphatic carbocycles. The molecule has 0 aromatic carbocycles. The first-order valence-electron chi connectivity index (χ1n) is 7.28. The van der Waals surface area contributed by atoms with Crippen LogP contribution >= 0.6 is 24.0 Å². The monoisotopic (exact) mass is 407 g/mol. The Bertz CT molecular complexity index is 442. The van der Waals surface area contributed by atoms with Crippen LogP contribution in [0.15, 0.2) is 17.3 Å². The molecule has 0 saturated heterocycles. The zero-order valence-corrected chi connectivity index (χ0v) is 15.1. The number of ether oxygens (including phenoxy) is 1. The minimum Gasteiger partial charge on any atom is -0.383 e. The van der Waals surface area contributed by atoms with Gasteiger partial charge in [-0.2, -0.15) is 5.10 Å². The number of guanidine groups is 1. The van der Waals surface area contributed by atoms with Crippen LogP contribution in [0.5, 0.6) is 0 Å². The van der Waals surface area contributed by atoms with Crippen LogP contribution in [-0.4, -0.2) is 35.5 Å². The van der Waals surface area contributed by atoms with E-state index in [2.05, 4.69) is 26.3 Å². The van der Waals surface area contributed by atoms with E-state index in [1.807, 2.05) is 13.0 Å². The molecule has 1 atom stereocenters. The van der Waals surface area contributed by atoms with Gasteiger partial charge in [0.15, 0.2) is 5.96 Å². The lowest BCUT2D eigenvalue weighted by molar-refractivity contribution is 0.179. The second kappa shape index (κ2) is 9.24. The van der Waals surface area contributed by atoms with Gasteiger partial charge >= 0.3 is 0 Å². The standard InChI is InChI=1S/C14H25N5O.HI/c1-11(10-20-2)17-14(15)16-9-12-7-8-19(18-12)13-5-3-4-6-13;/h7-8,11,13H,3-6,9-10H2,1-2H3,(H3,15,16,17);1H. The molecule has 21 heavy (non-hydrogen) atoms. The van der Waals surface area contributed by atoms with E-state index in [9.17, 15) is 0 Å². The van der Waals surface area contributed by atoms with E-state index in [-0.39, 0.29) is 30.0 Å². The van der Waals surface area contributed by atoms with Crippen LogP contribution in [0, 0.1) is 0 Å². The third-order valence-electron chi connectivity index (χ3n) is 3.58. The largest absolute Gasteiger partial charge is 0.383 e. The smallest absolute Gasteiger partial charge is 0.189 e. The second-order valence-corrected chi connectivity index (χ2v) is 5.43. The molecule has 0 spiro atoms. The summed E-state index contributed by atoms with van der Waals surface area (Å²) in [5.74, 6) is 0.435. The molecule has 0 aliphatic heterocycles. The molecular formula is C14H26IN5O. The normalized spacial score (nSPS) is 17.5. The Hall–Kier alpha value is -0.830. The molecule has 6 nitrogen and oxygen atoms in total. The van der Waals surface area contributed by atoms with Crippen molar-refractivity contribution >= 4 is 29.9 Å². The maximum absolute atomic E-state index is 5.83. The van der Waals surface area contributed by atoms with Crippen LogP contribution in [0.25, 0.3) is 0 Å². The molecular weight excluding hydrogens is 381 g/mol. The first-order valence-corrected chi connectivity index (χ1v) is 7.28. The average molecular weight is 407 g/mol. The van der Waals surface area contributed by atoms with Gasteiger partial charge in [0.2, 0.25) is 0 Å². The van der Waals surface area contributed by atoms with Gasteiger partial charge in [-0.1, -0.05) is 12.8 Å². The Morgan fingerprint density at radius 1 is 1.57 bits per heavy atom. The fourth-order valence-corrected chi connectivity index (χ4v) is 2.59. The molecule has 1 fully saturated rings. The van der Waals surface area contributed by atoms with Crippen LogP contribution in [0.2, 0.25) is 0 Å². The lowest BCUT2D eigenvalue weighted by atomic mass is 10.3. The third-order valence-corrected chi connectivity index (χ3v) is 3.58. The fraction of sp³-hybridized carbons (Fsp3) is 0.714. The zero-order valence-electron chi connectivity index (χ0n) is 12.8. The van der Waals surface area contributed by atoms with Gasteiger partial charge in [-0.3, -0.25) is 4.68 Å². The fourth-order valence-electron chi connectivity index (χ4n) is 2.59. The number of rotatable bonds is 6. The van der Waals surface area contributed by atoms with Crippen molar-refractivity contribution in [2.24, 2.45) is 10.7 Å². The van der Waals surface area contributed by atoms with E-state index in [1.54, 1.807) is 7.11 Å². The number of halogens is 1. The van der Waals surface area contributed by atoms with E-state index < -0.39 is 0 Å². The quantitative estimate of drug-likeness (QED) is 0.430. The van der Waals surface area contributed by atoms with E-state index in [0.29, 0.717) is 25.2 Å². The maximum Gasteiger partial charge on any atom is 0.189 e. The lowest BCUT2D eigenvalue weighted by Gasteiger charge is -2.12. The highest BCUT2D eigenvalue weighted by atomic mass is 127. The summed E-state index contributed by atoms with van der Waals surface area (Å²) in [7, 11) is 1.67. The van der Waals surface area contributed by atoms with Gasteiger partial charge < -0.3 is 15.8 Å². The van der Waals surface area contributed by atoms with Crippen LogP contribution in [-0.2, 0) is 11.3 Å². The number of nitrogens with two attached hydrogens (primary N) is 1. The van der Waals surface area contributed by atoms with Crippen molar-refractivity contribution in [1.82, 2.24) is 15.1 Å². The van der Waals surface area contributed by atoms with Gasteiger partial charge in [0.05, 0.1) is 24.9 Å². The minimum absolute atomic E-state index is 0. The molecule has 1 aromatic heterocycles. The van der Waals surface area contributed by atoms with E-state index >= 15 is 0 Å². The Labute approximate surface area is 143 Å². The molecule has 7 heteroatoms. The maximum atomic E-state index is 5.83. The summed E-state index contributed by atoms with van der Waals surface area (Å²) in [5.41, 5.74) is 6.79. The zero-order chi connectivity index (χ0) is 14.4. The molecule has 0 radical (unpaired) electrons. The van der Waals surface area contributed by atoms with Gasteiger partial charge in [0.1, 0.15) is 0 Å². The molecule has 1 saturated carbocycles. The number of nitrogens with one attached hydrogen (secondary N) is 1. The number of hydrogen-bond acceptors (Lipinski definition) is 3. The van der Waals surface area contributed by atoms with Crippen LogP contribution in [0.1, 0.15) is 44.3 Å². The molecule has 1 aliphatic rings. The Morgan fingerprint density at radius 3 is 2.95 bits per heavy atom. The predicted molar refractivity (Wildman–Crippen MR) is 94.9 cm³/mol. The van der Waals surface area contributed by atoms with Gasteiger partial charge in [-0.25, -0.2) is 4.99 Å². The van der Waals surface area contributed by atoms with Crippen molar-refractivity contribution in [2.45, 2.75) is 51.2 Å². The molecule has 1 heterocycles. The van der Waals surface area contributed by atoms with E-state index in [0.717, 1.165) is 5.69 Å². The predicted octanol–water partition coefficient (Wildman–Crippen LogP) is 2.06. The van der Waals surface area contributed by atoms with Gasteiger partial charge in [0.25, 0.3) is 0 Å². The third kappa shape index (κ3) is 5.82. The summed E-state index contributed by atoms with van der Waals surface area (Å²) in [6.45, 7) is 3.12. The van der Waals surface area contributed by atoms with Crippen molar-refractivity contribution in [3.63, 3.8) is 0 Å². The summed E-state index contributed by atoms with van der Waals surface area (Å²) in [5, 5.41) is 7.66. The number of nitrogens with zero attached hydrogens (tertiary/aromatic N) is 3. The number of methoxy groups -OCH3 is 1. The Morgan fingerprint density at radius 2 is 2.29 bits per heavy atom. The highest BCUT2D eigenvalue weighted by molar-refractivity contribution is 14.0. The molecule has 3 N–H and O–H groups in total. The van der Waals surface area contributed by atoms with Crippen molar-refractivity contribution in [2.75, 3.05) is 13.7 Å². The van der Waals surface area contributed by atoms with Crippen LogP contribution < -0.4 is 11.1 Å². The van der Waals surface area contributed by atoms with Crippen molar-refractivity contribution in [3.8, 4) is 0 Å². The van der Waals surface area contributed by atoms with Gasteiger partial charge in [-0.15, -0.1) is 24.0 Å². The molecule has 1 unspecified atom stereocenters. The van der Waals surface area contributed by atoms with E-state index in [1.165, 1.54) is 25.7 Å². The van der Waals surface area contributed by atoms with Gasteiger partial charge in [-0.05, 0) is 25.8 Å². The average Bonchev–Trinajstić information content (AvgIpc) is 3.07. The number of aliphatic imine (C=N–C) groups is 1. The summed E-state index contributed by atoms with van der Waals surface area (Å²) < 4.78 is 7.12. The lowest BCUT2D eigenvalue weighted by Crippen LogP contribution is -2.40. The Balaban J connectivity index is 0.00000220. The summed E-state index contributed by atoms with van der Waals surface area (Å²) >= 11 is 0.